The van der Waals surface area contributed by atoms with Crippen LogP contribution < -0.4 is 5.32 Å². The van der Waals surface area contributed by atoms with E-state index >= 15 is 0 Å². The van der Waals surface area contributed by atoms with Gasteiger partial charge in [-0.1, -0.05) is 23.7 Å². The first-order valence-corrected chi connectivity index (χ1v) is 6.50. The Kier molecular flexibility index (Phi) is 4.09. The number of anilines is 1. The number of nitrogens with zero attached hydrogens (tertiary/aromatic N) is 1. The molecule has 0 fully saturated rings. The van der Waals surface area contributed by atoms with E-state index < -0.39 is 0 Å². The van der Waals surface area contributed by atoms with Crippen LogP contribution in [0, 0.1) is 18.3 Å². The van der Waals surface area contributed by atoms with E-state index in [9.17, 15) is 0 Å². The van der Waals surface area contributed by atoms with Crippen molar-refractivity contribution in [2.45, 2.75) is 19.9 Å². The number of rotatable bonds is 3. The fraction of sp³-hybridized carbons (Fsp3) is 0.188. The molecule has 96 valence electrons. The van der Waals surface area contributed by atoms with Crippen LogP contribution in [0.25, 0.3) is 0 Å². The Morgan fingerprint density at radius 2 is 2.00 bits per heavy atom. The first kappa shape index (κ1) is 13.5. The second-order valence-electron chi connectivity index (χ2n) is 4.57. The molecule has 19 heavy (non-hydrogen) atoms. The van der Waals surface area contributed by atoms with Crippen molar-refractivity contribution in [3.63, 3.8) is 0 Å². The molecule has 0 saturated carbocycles. The van der Waals surface area contributed by atoms with Gasteiger partial charge in [-0.25, -0.2) is 0 Å². The minimum absolute atomic E-state index is 0.133. The predicted molar refractivity (Wildman–Crippen MR) is 79.4 cm³/mol. The largest absolute Gasteiger partial charge is 0.379 e. The van der Waals surface area contributed by atoms with Gasteiger partial charge in [0.05, 0.1) is 11.6 Å². The van der Waals surface area contributed by atoms with Crippen molar-refractivity contribution in [1.29, 1.82) is 5.26 Å². The Balaban J connectivity index is 2.18. The molecule has 3 heteroatoms. The van der Waals surface area contributed by atoms with Gasteiger partial charge >= 0.3 is 0 Å². The summed E-state index contributed by atoms with van der Waals surface area (Å²) in [5.74, 6) is 0. The molecule has 0 heterocycles. The fourth-order valence-electron chi connectivity index (χ4n) is 1.95. The molecule has 0 bridgehead atoms. The minimum atomic E-state index is 0.133. The van der Waals surface area contributed by atoms with Crippen LogP contribution in [-0.2, 0) is 0 Å². The lowest BCUT2D eigenvalue weighted by Gasteiger charge is -2.16. The second-order valence-corrected chi connectivity index (χ2v) is 4.97. The third-order valence-corrected chi connectivity index (χ3v) is 3.48. The first-order valence-electron chi connectivity index (χ1n) is 6.13. The Labute approximate surface area is 118 Å². The van der Waals surface area contributed by atoms with E-state index in [1.54, 1.807) is 0 Å². The molecule has 0 aromatic heterocycles. The van der Waals surface area contributed by atoms with Gasteiger partial charge in [0.1, 0.15) is 0 Å². The van der Waals surface area contributed by atoms with E-state index in [1.807, 2.05) is 49.4 Å². The van der Waals surface area contributed by atoms with Crippen molar-refractivity contribution in [1.82, 2.24) is 0 Å². The zero-order chi connectivity index (χ0) is 13.8. The van der Waals surface area contributed by atoms with E-state index in [0.717, 1.165) is 21.8 Å². The van der Waals surface area contributed by atoms with E-state index in [-0.39, 0.29) is 6.04 Å². The van der Waals surface area contributed by atoms with Gasteiger partial charge in [0, 0.05) is 16.8 Å². The highest BCUT2D eigenvalue weighted by Gasteiger charge is 2.06. The highest BCUT2D eigenvalue weighted by Crippen LogP contribution is 2.24. The van der Waals surface area contributed by atoms with E-state index in [1.165, 1.54) is 0 Å². The van der Waals surface area contributed by atoms with Crippen LogP contribution in [0.2, 0.25) is 5.02 Å². The third kappa shape index (κ3) is 3.27. The molecule has 0 amide bonds. The van der Waals surface area contributed by atoms with Gasteiger partial charge in [-0.2, -0.15) is 5.26 Å². The van der Waals surface area contributed by atoms with Crippen molar-refractivity contribution < 1.29 is 0 Å². The first-order chi connectivity index (χ1) is 9.10. The zero-order valence-electron chi connectivity index (χ0n) is 10.9. The summed E-state index contributed by atoms with van der Waals surface area (Å²) in [4.78, 5) is 0. The number of hydrogen-bond donors (Lipinski definition) is 1. The van der Waals surface area contributed by atoms with Crippen molar-refractivity contribution >= 4 is 17.3 Å². The molecule has 0 unspecified atom stereocenters. The van der Waals surface area contributed by atoms with Crippen LogP contribution in [0.15, 0.2) is 42.5 Å². The summed E-state index contributed by atoms with van der Waals surface area (Å²) in [6.45, 7) is 4.05. The highest BCUT2D eigenvalue weighted by molar-refractivity contribution is 6.31. The monoisotopic (exact) mass is 270 g/mol. The summed E-state index contributed by atoms with van der Waals surface area (Å²) in [5.41, 5.74) is 3.84. The quantitative estimate of drug-likeness (QED) is 0.878. The maximum atomic E-state index is 8.92. The van der Waals surface area contributed by atoms with Gasteiger partial charge in [-0.05, 0) is 55.3 Å². The van der Waals surface area contributed by atoms with Crippen LogP contribution in [0.1, 0.15) is 29.7 Å². The highest BCUT2D eigenvalue weighted by atomic mass is 35.5. The van der Waals surface area contributed by atoms with Crippen molar-refractivity contribution in [2.75, 3.05) is 5.32 Å². The molecule has 0 aliphatic carbocycles. The van der Waals surface area contributed by atoms with Gasteiger partial charge in [0.2, 0.25) is 0 Å². The summed E-state index contributed by atoms with van der Waals surface area (Å²) in [7, 11) is 0. The molecule has 0 spiro atoms. The van der Waals surface area contributed by atoms with Gasteiger partial charge in [-0.15, -0.1) is 0 Å². The van der Waals surface area contributed by atoms with E-state index in [2.05, 4.69) is 18.3 Å². The lowest BCUT2D eigenvalue weighted by atomic mass is 10.1. The summed E-state index contributed by atoms with van der Waals surface area (Å²) >= 11 is 6.01. The summed E-state index contributed by atoms with van der Waals surface area (Å²) < 4.78 is 0. The summed E-state index contributed by atoms with van der Waals surface area (Å²) in [5, 5.41) is 13.1. The molecule has 1 atom stereocenters. The number of nitrogens with one attached hydrogen (secondary N) is 1. The Morgan fingerprint density at radius 3 is 2.68 bits per heavy atom. The molecule has 0 aliphatic rings. The smallest absolute Gasteiger partial charge is 0.0991 e. The number of nitriles is 1. The Bertz CT molecular complexity index is 629. The van der Waals surface area contributed by atoms with Crippen molar-refractivity contribution in [3.05, 3.63) is 64.2 Å². The summed E-state index contributed by atoms with van der Waals surface area (Å²) in [6.07, 6.45) is 0. The van der Waals surface area contributed by atoms with Crippen LogP contribution in [0.5, 0.6) is 0 Å². The molecule has 2 nitrogen and oxygen atoms in total. The zero-order valence-corrected chi connectivity index (χ0v) is 11.7. The van der Waals surface area contributed by atoms with Gasteiger partial charge in [0.15, 0.2) is 0 Å². The fourth-order valence-corrected chi connectivity index (χ4v) is 2.06. The Morgan fingerprint density at radius 1 is 1.21 bits per heavy atom. The standard InChI is InChI=1S/C16H15ClN2/c1-11-8-15(6-7-16(11)17)19-12(2)14-5-3-4-13(9-14)10-18/h3-9,12,19H,1-2H3/t12-/m1/s1. The molecule has 1 N–H and O–H groups in total. The maximum Gasteiger partial charge on any atom is 0.0991 e. The lowest BCUT2D eigenvalue weighted by molar-refractivity contribution is 0.884. The predicted octanol–water partition coefficient (Wildman–Crippen LogP) is 4.69. The topological polar surface area (TPSA) is 35.8 Å². The Hall–Kier alpha value is -1.98. The average Bonchev–Trinajstić information content (AvgIpc) is 2.43. The SMILES string of the molecule is Cc1cc(N[C@H](C)c2cccc(C#N)c2)ccc1Cl. The third-order valence-electron chi connectivity index (χ3n) is 3.06. The maximum absolute atomic E-state index is 8.92. The van der Waals surface area contributed by atoms with Crippen molar-refractivity contribution in [2.24, 2.45) is 0 Å². The van der Waals surface area contributed by atoms with Gasteiger partial charge in [0.25, 0.3) is 0 Å². The molecule has 0 saturated heterocycles. The normalized spacial score (nSPS) is 11.7. The van der Waals surface area contributed by atoms with Gasteiger partial charge in [-0.3, -0.25) is 0 Å². The molecule has 0 radical (unpaired) electrons. The molecule has 2 aromatic rings. The van der Waals surface area contributed by atoms with E-state index in [4.69, 9.17) is 16.9 Å². The minimum Gasteiger partial charge on any atom is -0.379 e. The van der Waals surface area contributed by atoms with Gasteiger partial charge < -0.3 is 5.32 Å². The molecule has 2 aromatic carbocycles. The second kappa shape index (κ2) is 5.77. The number of hydrogen-bond acceptors (Lipinski definition) is 2. The average molecular weight is 271 g/mol. The number of aryl methyl sites for hydroxylation is 1. The number of halogens is 1. The number of benzene rings is 2. The lowest BCUT2D eigenvalue weighted by Crippen LogP contribution is -2.06. The summed E-state index contributed by atoms with van der Waals surface area (Å²) in [6, 6.07) is 15.8. The van der Waals surface area contributed by atoms with Crippen LogP contribution >= 0.6 is 11.6 Å². The molecule has 0 aliphatic heterocycles. The van der Waals surface area contributed by atoms with Crippen LogP contribution in [0.3, 0.4) is 0 Å². The molecular formula is C16H15ClN2. The molecular weight excluding hydrogens is 256 g/mol. The van der Waals surface area contributed by atoms with Crippen LogP contribution in [-0.4, -0.2) is 0 Å². The molecule has 2 rings (SSSR count). The van der Waals surface area contributed by atoms with Crippen molar-refractivity contribution in [3.8, 4) is 6.07 Å². The van der Waals surface area contributed by atoms with Crippen LogP contribution in [0.4, 0.5) is 5.69 Å². The van der Waals surface area contributed by atoms with E-state index in [0.29, 0.717) is 5.56 Å².